The van der Waals surface area contributed by atoms with E-state index in [1.54, 1.807) is 0 Å². The first-order valence-corrected chi connectivity index (χ1v) is 5.32. The highest BCUT2D eigenvalue weighted by Gasteiger charge is 2.19. The zero-order valence-electron chi connectivity index (χ0n) is 8.51. The van der Waals surface area contributed by atoms with E-state index in [-0.39, 0.29) is 0 Å². The molecule has 1 aliphatic rings. The van der Waals surface area contributed by atoms with E-state index in [2.05, 4.69) is 23.8 Å². The Morgan fingerprint density at radius 1 is 1.38 bits per heavy atom. The van der Waals surface area contributed by atoms with Crippen molar-refractivity contribution >= 4 is 0 Å². The van der Waals surface area contributed by atoms with Crippen LogP contribution in [-0.4, -0.2) is 9.97 Å². The van der Waals surface area contributed by atoms with Gasteiger partial charge in [-0.25, -0.2) is 4.98 Å². The second kappa shape index (κ2) is 3.52. The van der Waals surface area contributed by atoms with Crippen molar-refractivity contribution in [1.29, 1.82) is 0 Å². The van der Waals surface area contributed by atoms with Crippen molar-refractivity contribution in [1.82, 2.24) is 9.97 Å². The molecule has 1 aromatic rings. The lowest BCUT2D eigenvalue weighted by atomic mass is 10.1. The highest BCUT2D eigenvalue weighted by Crippen LogP contribution is 2.33. The fourth-order valence-electron chi connectivity index (χ4n) is 2.09. The minimum atomic E-state index is 0.523. The van der Waals surface area contributed by atoms with Crippen molar-refractivity contribution in [3.63, 3.8) is 0 Å². The number of imidazole rings is 1. The van der Waals surface area contributed by atoms with Crippen LogP contribution < -0.4 is 0 Å². The van der Waals surface area contributed by atoms with Gasteiger partial charge >= 0.3 is 0 Å². The molecule has 2 nitrogen and oxygen atoms in total. The Balaban J connectivity index is 2.12. The Bertz CT molecular complexity index is 269. The van der Waals surface area contributed by atoms with E-state index in [4.69, 9.17) is 0 Å². The molecule has 2 rings (SSSR count). The molecule has 0 aromatic carbocycles. The minimum absolute atomic E-state index is 0.523. The first-order valence-electron chi connectivity index (χ1n) is 5.32. The zero-order chi connectivity index (χ0) is 9.26. The van der Waals surface area contributed by atoms with Crippen LogP contribution in [0.3, 0.4) is 0 Å². The Morgan fingerprint density at radius 2 is 2.08 bits per heavy atom. The largest absolute Gasteiger partial charge is 0.345 e. The molecule has 2 heteroatoms. The number of H-pyrrole nitrogens is 1. The highest BCUT2D eigenvalue weighted by molar-refractivity contribution is 5.10. The van der Waals surface area contributed by atoms with Crippen LogP contribution in [0.15, 0.2) is 6.20 Å². The first kappa shape index (κ1) is 8.79. The van der Waals surface area contributed by atoms with Crippen LogP contribution in [0.2, 0.25) is 0 Å². The van der Waals surface area contributed by atoms with E-state index in [1.807, 2.05) is 6.20 Å². The molecule has 0 saturated heterocycles. The number of hydrogen-bond acceptors (Lipinski definition) is 1. The molecule has 13 heavy (non-hydrogen) atoms. The summed E-state index contributed by atoms with van der Waals surface area (Å²) in [5, 5.41) is 0. The van der Waals surface area contributed by atoms with E-state index in [0.29, 0.717) is 5.92 Å². The molecule has 1 aromatic heterocycles. The average Bonchev–Trinajstić information content (AvgIpc) is 2.75. The Kier molecular flexibility index (Phi) is 2.38. The van der Waals surface area contributed by atoms with E-state index < -0.39 is 0 Å². The predicted octanol–water partition coefficient (Wildman–Crippen LogP) is 3.19. The van der Waals surface area contributed by atoms with Gasteiger partial charge in [-0.2, -0.15) is 0 Å². The molecular formula is C11H18N2. The number of aromatic amines is 1. The third-order valence-electron chi connectivity index (χ3n) is 2.96. The minimum Gasteiger partial charge on any atom is -0.345 e. The number of hydrogen-bond donors (Lipinski definition) is 1. The fraction of sp³-hybridized carbons (Fsp3) is 0.727. The van der Waals surface area contributed by atoms with Crippen molar-refractivity contribution in [3.8, 4) is 0 Å². The normalized spacial score (nSPS) is 18.7. The van der Waals surface area contributed by atoms with Crippen LogP contribution in [0.5, 0.6) is 0 Å². The van der Waals surface area contributed by atoms with Gasteiger partial charge in [0.25, 0.3) is 0 Å². The van der Waals surface area contributed by atoms with Gasteiger partial charge in [-0.3, -0.25) is 0 Å². The molecule has 1 N–H and O–H groups in total. The third-order valence-corrected chi connectivity index (χ3v) is 2.96. The Labute approximate surface area is 79.8 Å². The lowest BCUT2D eigenvalue weighted by Gasteiger charge is -2.05. The van der Waals surface area contributed by atoms with Crippen molar-refractivity contribution in [2.75, 3.05) is 0 Å². The van der Waals surface area contributed by atoms with Gasteiger partial charge in [-0.15, -0.1) is 0 Å². The lowest BCUT2D eigenvalue weighted by molar-refractivity contribution is 0.693. The van der Waals surface area contributed by atoms with Crippen molar-refractivity contribution in [3.05, 3.63) is 17.7 Å². The summed E-state index contributed by atoms with van der Waals surface area (Å²) in [4.78, 5) is 7.85. The molecule has 0 aliphatic heterocycles. The fourth-order valence-corrected chi connectivity index (χ4v) is 2.09. The smallest absolute Gasteiger partial charge is 0.108 e. The van der Waals surface area contributed by atoms with Crippen LogP contribution in [0, 0.1) is 0 Å². The maximum absolute atomic E-state index is 4.40. The Hall–Kier alpha value is -0.790. The molecule has 0 spiro atoms. The quantitative estimate of drug-likeness (QED) is 0.740. The van der Waals surface area contributed by atoms with Crippen LogP contribution in [0.1, 0.15) is 62.9 Å². The maximum Gasteiger partial charge on any atom is 0.108 e. The zero-order valence-corrected chi connectivity index (χ0v) is 8.51. The summed E-state index contributed by atoms with van der Waals surface area (Å²) >= 11 is 0. The molecule has 1 aliphatic carbocycles. The highest BCUT2D eigenvalue weighted by atomic mass is 14.9. The van der Waals surface area contributed by atoms with Gasteiger partial charge in [0.15, 0.2) is 0 Å². The van der Waals surface area contributed by atoms with Crippen molar-refractivity contribution in [2.24, 2.45) is 0 Å². The lowest BCUT2D eigenvalue weighted by Crippen LogP contribution is -1.94. The van der Waals surface area contributed by atoms with Crippen molar-refractivity contribution in [2.45, 2.75) is 51.4 Å². The molecule has 0 bridgehead atoms. The second-order valence-corrected chi connectivity index (χ2v) is 4.36. The van der Waals surface area contributed by atoms with Gasteiger partial charge in [0.05, 0.1) is 0 Å². The van der Waals surface area contributed by atoms with E-state index >= 15 is 0 Å². The van der Waals surface area contributed by atoms with Gasteiger partial charge in [0.1, 0.15) is 5.82 Å². The van der Waals surface area contributed by atoms with E-state index in [9.17, 15) is 0 Å². The van der Waals surface area contributed by atoms with Crippen LogP contribution in [-0.2, 0) is 0 Å². The van der Waals surface area contributed by atoms with Crippen LogP contribution >= 0.6 is 0 Å². The van der Waals surface area contributed by atoms with E-state index in [0.717, 1.165) is 11.7 Å². The molecule has 1 fully saturated rings. The maximum atomic E-state index is 4.40. The molecule has 0 unspecified atom stereocenters. The summed E-state index contributed by atoms with van der Waals surface area (Å²) in [6, 6.07) is 0. The topological polar surface area (TPSA) is 28.7 Å². The summed E-state index contributed by atoms with van der Waals surface area (Å²) < 4.78 is 0. The number of nitrogens with one attached hydrogen (secondary N) is 1. The number of rotatable bonds is 2. The molecule has 1 heterocycles. The molecule has 0 amide bonds. The van der Waals surface area contributed by atoms with Crippen molar-refractivity contribution < 1.29 is 0 Å². The second-order valence-electron chi connectivity index (χ2n) is 4.36. The average molecular weight is 178 g/mol. The van der Waals surface area contributed by atoms with Gasteiger partial charge < -0.3 is 4.98 Å². The van der Waals surface area contributed by atoms with Gasteiger partial charge in [-0.05, 0) is 12.8 Å². The SMILES string of the molecule is CC(C)c1ncc(C2CCCC2)[nH]1. The third kappa shape index (κ3) is 1.77. The molecule has 72 valence electrons. The number of aromatic nitrogens is 2. The van der Waals surface area contributed by atoms with Gasteiger partial charge in [0, 0.05) is 23.7 Å². The summed E-state index contributed by atoms with van der Waals surface area (Å²) in [7, 11) is 0. The molecule has 0 atom stereocenters. The predicted molar refractivity (Wildman–Crippen MR) is 53.9 cm³/mol. The van der Waals surface area contributed by atoms with Crippen LogP contribution in [0.25, 0.3) is 0 Å². The standard InChI is InChI=1S/C11H18N2/c1-8(2)11-12-7-10(13-11)9-5-3-4-6-9/h7-9H,3-6H2,1-2H3,(H,12,13). The Morgan fingerprint density at radius 3 is 2.62 bits per heavy atom. The monoisotopic (exact) mass is 178 g/mol. The van der Waals surface area contributed by atoms with Gasteiger partial charge in [-0.1, -0.05) is 26.7 Å². The molecule has 0 radical (unpaired) electrons. The summed E-state index contributed by atoms with van der Waals surface area (Å²) in [6.07, 6.45) is 7.51. The first-order chi connectivity index (χ1) is 6.27. The summed E-state index contributed by atoms with van der Waals surface area (Å²) in [6.45, 7) is 4.36. The van der Waals surface area contributed by atoms with Gasteiger partial charge in [0.2, 0.25) is 0 Å². The van der Waals surface area contributed by atoms with E-state index in [1.165, 1.54) is 31.4 Å². The summed E-state index contributed by atoms with van der Waals surface area (Å²) in [5.74, 6) is 2.43. The molecule has 1 saturated carbocycles. The molecular weight excluding hydrogens is 160 g/mol. The van der Waals surface area contributed by atoms with Crippen LogP contribution in [0.4, 0.5) is 0 Å². The number of nitrogens with zero attached hydrogens (tertiary/aromatic N) is 1. The summed E-state index contributed by atoms with van der Waals surface area (Å²) in [5.41, 5.74) is 1.36.